The first-order chi connectivity index (χ1) is 13.5. The molecule has 2 aromatic carbocycles. The normalized spacial score (nSPS) is 19.2. The molecule has 5 nitrogen and oxygen atoms in total. The van der Waals surface area contributed by atoms with Crippen LogP contribution in [-0.4, -0.2) is 52.7 Å². The van der Waals surface area contributed by atoms with Crippen molar-refractivity contribution >= 4 is 11.6 Å². The SMILES string of the molecule is Cc1cccc(C[NH+]2CC[NH+](CC(=O)NCc3ccc(N(C)C)cc3)CC2)c1. The molecule has 28 heavy (non-hydrogen) atoms. The van der Waals surface area contributed by atoms with Gasteiger partial charge >= 0.3 is 0 Å². The zero-order valence-electron chi connectivity index (χ0n) is 17.4. The van der Waals surface area contributed by atoms with E-state index in [9.17, 15) is 4.79 Å². The average molecular weight is 383 g/mol. The van der Waals surface area contributed by atoms with E-state index in [1.807, 2.05) is 14.1 Å². The van der Waals surface area contributed by atoms with Crippen molar-refractivity contribution in [3.8, 4) is 0 Å². The molecule has 0 bridgehead atoms. The minimum absolute atomic E-state index is 0.147. The van der Waals surface area contributed by atoms with E-state index in [-0.39, 0.29) is 5.91 Å². The highest BCUT2D eigenvalue weighted by Gasteiger charge is 2.24. The Morgan fingerprint density at radius 1 is 0.964 bits per heavy atom. The van der Waals surface area contributed by atoms with Crippen molar-refractivity contribution in [3.05, 3.63) is 65.2 Å². The van der Waals surface area contributed by atoms with Gasteiger partial charge in [0.05, 0.1) is 0 Å². The van der Waals surface area contributed by atoms with Crippen molar-refractivity contribution in [1.82, 2.24) is 5.32 Å². The highest BCUT2D eigenvalue weighted by molar-refractivity contribution is 5.76. The van der Waals surface area contributed by atoms with Crippen molar-refractivity contribution in [3.63, 3.8) is 0 Å². The number of benzene rings is 2. The Bertz CT molecular complexity index is 764. The van der Waals surface area contributed by atoms with Crippen LogP contribution in [0.25, 0.3) is 0 Å². The van der Waals surface area contributed by atoms with Crippen LogP contribution in [0.3, 0.4) is 0 Å². The van der Waals surface area contributed by atoms with Crippen molar-refractivity contribution in [2.45, 2.75) is 20.0 Å². The van der Waals surface area contributed by atoms with Crippen molar-refractivity contribution in [1.29, 1.82) is 0 Å². The molecule has 1 aliphatic rings. The van der Waals surface area contributed by atoms with Crippen LogP contribution in [0.5, 0.6) is 0 Å². The topological polar surface area (TPSA) is 41.2 Å². The van der Waals surface area contributed by atoms with E-state index in [0.717, 1.165) is 38.3 Å². The van der Waals surface area contributed by atoms with Gasteiger partial charge in [-0.15, -0.1) is 0 Å². The van der Waals surface area contributed by atoms with Crippen molar-refractivity contribution in [2.75, 3.05) is 51.7 Å². The molecular weight excluding hydrogens is 348 g/mol. The monoisotopic (exact) mass is 382 g/mol. The Kier molecular flexibility index (Phi) is 7.06. The highest BCUT2D eigenvalue weighted by atomic mass is 16.2. The van der Waals surface area contributed by atoms with Gasteiger partial charge in [-0.2, -0.15) is 0 Å². The first-order valence-electron chi connectivity index (χ1n) is 10.3. The predicted molar refractivity (Wildman–Crippen MR) is 114 cm³/mol. The number of hydrogen-bond acceptors (Lipinski definition) is 2. The molecule has 1 heterocycles. The first-order valence-corrected chi connectivity index (χ1v) is 10.3. The van der Waals surface area contributed by atoms with Crippen LogP contribution in [0, 0.1) is 6.92 Å². The van der Waals surface area contributed by atoms with Gasteiger partial charge in [-0.1, -0.05) is 42.0 Å². The summed E-state index contributed by atoms with van der Waals surface area (Å²) in [6.07, 6.45) is 0. The van der Waals surface area contributed by atoms with E-state index >= 15 is 0 Å². The van der Waals surface area contributed by atoms with Crippen LogP contribution in [-0.2, 0) is 17.9 Å². The Hall–Kier alpha value is -2.37. The minimum Gasteiger partial charge on any atom is -0.378 e. The van der Waals surface area contributed by atoms with Crippen molar-refractivity contribution < 1.29 is 14.6 Å². The molecule has 1 amide bonds. The number of aryl methyl sites for hydroxylation is 1. The Labute approximate surface area is 168 Å². The standard InChI is InChI=1S/C23H32N4O/c1-19-5-4-6-21(15-19)17-26-11-13-27(14-12-26)18-23(28)24-16-20-7-9-22(10-8-20)25(2)3/h4-10,15H,11-14,16-18H2,1-3H3,(H,24,28)/p+2. The lowest BCUT2D eigenvalue weighted by Gasteiger charge is -2.29. The molecular formula is C23H34N4O+2. The fourth-order valence-corrected chi connectivity index (χ4v) is 3.82. The molecule has 1 aliphatic heterocycles. The van der Waals surface area contributed by atoms with E-state index in [4.69, 9.17) is 0 Å². The van der Waals surface area contributed by atoms with E-state index in [1.54, 1.807) is 4.90 Å². The molecule has 2 aromatic rings. The number of carbonyl (C=O) groups excluding carboxylic acids is 1. The second-order valence-electron chi connectivity index (χ2n) is 8.18. The summed E-state index contributed by atoms with van der Waals surface area (Å²) < 4.78 is 0. The van der Waals surface area contributed by atoms with Gasteiger partial charge in [0.1, 0.15) is 32.7 Å². The summed E-state index contributed by atoms with van der Waals surface area (Å²) in [5.74, 6) is 0.147. The van der Waals surface area contributed by atoms with Gasteiger partial charge in [-0.3, -0.25) is 4.79 Å². The Balaban J connectivity index is 1.37. The molecule has 0 radical (unpaired) electrons. The second-order valence-corrected chi connectivity index (χ2v) is 8.18. The van der Waals surface area contributed by atoms with Crippen LogP contribution >= 0.6 is 0 Å². The molecule has 5 heteroatoms. The number of quaternary nitrogens is 2. The lowest BCUT2D eigenvalue weighted by molar-refractivity contribution is -1.02. The molecule has 150 valence electrons. The maximum absolute atomic E-state index is 12.3. The summed E-state index contributed by atoms with van der Waals surface area (Å²) in [5, 5.41) is 3.07. The molecule has 0 unspecified atom stereocenters. The molecule has 3 rings (SSSR count). The average Bonchev–Trinajstić information content (AvgIpc) is 2.68. The molecule has 3 N–H and O–H groups in total. The summed E-state index contributed by atoms with van der Waals surface area (Å²) in [6, 6.07) is 17.1. The van der Waals surface area contributed by atoms with Gasteiger partial charge in [0.25, 0.3) is 5.91 Å². The third-order valence-electron chi connectivity index (χ3n) is 5.55. The predicted octanol–water partition coefficient (Wildman–Crippen LogP) is -0.339. The number of amides is 1. The van der Waals surface area contributed by atoms with E-state index in [2.05, 4.69) is 65.7 Å². The van der Waals surface area contributed by atoms with Gasteiger partial charge < -0.3 is 20.0 Å². The maximum atomic E-state index is 12.3. The molecule has 0 saturated carbocycles. The van der Waals surface area contributed by atoms with Crippen LogP contribution in [0.15, 0.2) is 48.5 Å². The maximum Gasteiger partial charge on any atom is 0.275 e. The van der Waals surface area contributed by atoms with Crippen LogP contribution in [0.2, 0.25) is 0 Å². The lowest BCUT2D eigenvalue weighted by atomic mass is 10.1. The Morgan fingerprint density at radius 2 is 1.64 bits per heavy atom. The summed E-state index contributed by atoms with van der Waals surface area (Å²) in [6.45, 7) is 8.79. The van der Waals surface area contributed by atoms with Gasteiger partial charge in [0.15, 0.2) is 6.54 Å². The third-order valence-corrected chi connectivity index (χ3v) is 5.55. The number of rotatable bonds is 7. The van der Waals surface area contributed by atoms with Gasteiger partial charge in [-0.05, 0) is 24.6 Å². The molecule has 0 spiro atoms. The zero-order valence-corrected chi connectivity index (χ0v) is 17.4. The number of hydrogen-bond donors (Lipinski definition) is 3. The molecule has 1 saturated heterocycles. The summed E-state index contributed by atoms with van der Waals surface area (Å²) in [7, 11) is 4.06. The van der Waals surface area contributed by atoms with E-state index < -0.39 is 0 Å². The minimum atomic E-state index is 0.147. The van der Waals surface area contributed by atoms with Gasteiger partial charge in [0, 0.05) is 31.9 Å². The smallest absolute Gasteiger partial charge is 0.275 e. The van der Waals surface area contributed by atoms with Crippen LogP contribution < -0.4 is 20.0 Å². The molecule has 0 aromatic heterocycles. The number of nitrogens with one attached hydrogen (secondary N) is 3. The quantitative estimate of drug-likeness (QED) is 0.613. The molecule has 0 atom stereocenters. The van der Waals surface area contributed by atoms with E-state index in [0.29, 0.717) is 13.1 Å². The first kappa shape index (κ1) is 20.4. The fourth-order valence-electron chi connectivity index (χ4n) is 3.82. The van der Waals surface area contributed by atoms with Crippen molar-refractivity contribution in [2.24, 2.45) is 0 Å². The summed E-state index contributed by atoms with van der Waals surface area (Å²) in [4.78, 5) is 17.4. The van der Waals surface area contributed by atoms with Gasteiger partial charge in [-0.25, -0.2) is 0 Å². The lowest BCUT2D eigenvalue weighted by Crippen LogP contribution is -3.28. The molecule has 0 aliphatic carbocycles. The fraction of sp³-hybridized carbons (Fsp3) is 0.435. The number of anilines is 1. The number of piperazine rings is 1. The zero-order chi connectivity index (χ0) is 19.9. The second kappa shape index (κ2) is 9.71. The van der Waals surface area contributed by atoms with E-state index in [1.165, 1.54) is 21.7 Å². The number of nitrogens with zero attached hydrogens (tertiary/aromatic N) is 1. The number of carbonyl (C=O) groups is 1. The van der Waals surface area contributed by atoms with Gasteiger partial charge in [0.2, 0.25) is 0 Å². The van der Waals surface area contributed by atoms with Crippen LogP contribution in [0.1, 0.15) is 16.7 Å². The summed E-state index contributed by atoms with van der Waals surface area (Å²) >= 11 is 0. The molecule has 1 fully saturated rings. The third kappa shape index (κ3) is 6.08. The summed E-state index contributed by atoms with van der Waals surface area (Å²) in [5.41, 5.74) is 5.05. The highest BCUT2D eigenvalue weighted by Crippen LogP contribution is 2.11. The Morgan fingerprint density at radius 3 is 2.29 bits per heavy atom. The largest absolute Gasteiger partial charge is 0.378 e. The van der Waals surface area contributed by atoms with Crippen LogP contribution in [0.4, 0.5) is 5.69 Å².